The van der Waals surface area contributed by atoms with Gasteiger partial charge in [0.05, 0.1) is 6.61 Å². The van der Waals surface area contributed by atoms with Gasteiger partial charge in [0.1, 0.15) is 0 Å². The second-order valence-electron chi connectivity index (χ2n) is 4.35. The van der Waals surface area contributed by atoms with E-state index in [0.29, 0.717) is 6.61 Å². The SMILES string of the molecule is CCOC(=O)[C@H]1N=CO[C@@H]1c1ccc(C)c(C)c1. The van der Waals surface area contributed by atoms with E-state index in [1.807, 2.05) is 32.0 Å². The summed E-state index contributed by atoms with van der Waals surface area (Å²) >= 11 is 0. The Bertz CT molecular complexity index is 482. The van der Waals surface area contributed by atoms with Crippen LogP contribution in [0.1, 0.15) is 29.7 Å². The summed E-state index contributed by atoms with van der Waals surface area (Å²) in [7, 11) is 0. The standard InChI is InChI=1S/C14H17NO3/c1-4-17-14(16)12-13(18-8-15-12)11-6-5-9(2)10(3)7-11/h5-8,12-13H,4H2,1-3H3/t12-,13+/m0/s1. The summed E-state index contributed by atoms with van der Waals surface area (Å²) < 4.78 is 10.4. The molecule has 0 fully saturated rings. The third-order valence-corrected chi connectivity index (χ3v) is 3.10. The molecule has 0 saturated carbocycles. The van der Waals surface area contributed by atoms with Crippen molar-refractivity contribution in [1.82, 2.24) is 0 Å². The number of aliphatic imine (C=N–C) groups is 1. The minimum Gasteiger partial charge on any atom is -0.473 e. The monoisotopic (exact) mass is 247 g/mol. The van der Waals surface area contributed by atoms with Crippen LogP contribution in [0.5, 0.6) is 0 Å². The Labute approximate surface area is 107 Å². The minimum atomic E-state index is -0.591. The lowest BCUT2D eigenvalue weighted by Crippen LogP contribution is -2.26. The number of ether oxygens (including phenoxy) is 2. The molecule has 0 radical (unpaired) electrons. The van der Waals surface area contributed by atoms with Crippen LogP contribution < -0.4 is 0 Å². The van der Waals surface area contributed by atoms with Crippen LogP contribution in [0.3, 0.4) is 0 Å². The average Bonchev–Trinajstić information content (AvgIpc) is 2.82. The molecule has 2 rings (SSSR count). The number of hydrogen-bond donors (Lipinski definition) is 0. The summed E-state index contributed by atoms with van der Waals surface area (Å²) in [6, 6.07) is 5.43. The molecule has 2 atom stereocenters. The Morgan fingerprint density at radius 3 is 2.83 bits per heavy atom. The lowest BCUT2D eigenvalue weighted by molar-refractivity contribution is -0.146. The molecule has 1 heterocycles. The molecule has 18 heavy (non-hydrogen) atoms. The van der Waals surface area contributed by atoms with Crippen molar-refractivity contribution in [3.05, 3.63) is 34.9 Å². The first kappa shape index (κ1) is 12.6. The Kier molecular flexibility index (Phi) is 3.65. The zero-order chi connectivity index (χ0) is 13.1. The van der Waals surface area contributed by atoms with Crippen LogP contribution >= 0.6 is 0 Å². The van der Waals surface area contributed by atoms with E-state index in [2.05, 4.69) is 4.99 Å². The number of benzene rings is 1. The van der Waals surface area contributed by atoms with Gasteiger partial charge in [0.2, 0.25) is 0 Å². The normalized spacial score (nSPS) is 21.7. The fourth-order valence-electron chi connectivity index (χ4n) is 1.93. The van der Waals surface area contributed by atoms with Crippen LogP contribution in [0.15, 0.2) is 23.2 Å². The predicted molar refractivity (Wildman–Crippen MR) is 68.7 cm³/mol. The van der Waals surface area contributed by atoms with Crippen molar-refractivity contribution in [2.45, 2.75) is 32.9 Å². The van der Waals surface area contributed by atoms with Gasteiger partial charge in [0, 0.05) is 0 Å². The van der Waals surface area contributed by atoms with Crippen LogP contribution in [-0.4, -0.2) is 25.0 Å². The summed E-state index contributed by atoms with van der Waals surface area (Å²) in [4.78, 5) is 15.8. The summed E-state index contributed by atoms with van der Waals surface area (Å²) in [6.07, 6.45) is 0.963. The van der Waals surface area contributed by atoms with Crippen LogP contribution in [0.2, 0.25) is 0 Å². The lowest BCUT2D eigenvalue weighted by atomic mass is 9.99. The van der Waals surface area contributed by atoms with E-state index in [1.54, 1.807) is 6.92 Å². The number of aryl methyl sites for hydroxylation is 2. The molecule has 1 aliphatic rings. The van der Waals surface area contributed by atoms with Crippen LogP contribution in [0.25, 0.3) is 0 Å². The molecule has 0 amide bonds. The smallest absolute Gasteiger partial charge is 0.335 e. The van der Waals surface area contributed by atoms with Gasteiger partial charge in [-0.15, -0.1) is 0 Å². The van der Waals surface area contributed by atoms with Crippen molar-refractivity contribution in [3.8, 4) is 0 Å². The van der Waals surface area contributed by atoms with Gasteiger partial charge < -0.3 is 9.47 Å². The number of rotatable bonds is 3. The average molecular weight is 247 g/mol. The molecule has 0 aliphatic carbocycles. The van der Waals surface area contributed by atoms with Gasteiger partial charge in [-0.05, 0) is 37.5 Å². The first-order chi connectivity index (χ1) is 8.63. The second kappa shape index (κ2) is 5.21. The highest BCUT2D eigenvalue weighted by atomic mass is 16.5. The zero-order valence-corrected chi connectivity index (χ0v) is 10.8. The molecule has 0 N–H and O–H groups in total. The van der Waals surface area contributed by atoms with Crippen molar-refractivity contribution in [1.29, 1.82) is 0 Å². The van der Waals surface area contributed by atoms with Crippen molar-refractivity contribution in [3.63, 3.8) is 0 Å². The van der Waals surface area contributed by atoms with Gasteiger partial charge in [0.15, 0.2) is 18.5 Å². The molecule has 0 spiro atoms. The second-order valence-corrected chi connectivity index (χ2v) is 4.35. The van der Waals surface area contributed by atoms with Crippen molar-refractivity contribution >= 4 is 12.4 Å². The predicted octanol–water partition coefficient (Wildman–Crippen LogP) is 2.33. The highest BCUT2D eigenvalue weighted by Gasteiger charge is 2.35. The van der Waals surface area contributed by atoms with Gasteiger partial charge in [0.25, 0.3) is 0 Å². The van der Waals surface area contributed by atoms with Crippen LogP contribution in [-0.2, 0) is 14.3 Å². The molecular formula is C14H17NO3. The highest BCUT2D eigenvalue weighted by Crippen LogP contribution is 2.29. The van der Waals surface area contributed by atoms with Crippen molar-refractivity contribution < 1.29 is 14.3 Å². The molecule has 96 valence electrons. The van der Waals surface area contributed by atoms with Gasteiger partial charge in [-0.1, -0.05) is 18.2 Å². The van der Waals surface area contributed by atoms with Gasteiger partial charge in [-0.25, -0.2) is 9.79 Å². The lowest BCUT2D eigenvalue weighted by Gasteiger charge is -2.17. The molecule has 4 nitrogen and oxygen atoms in total. The number of carbonyl (C=O) groups excluding carboxylic acids is 1. The zero-order valence-electron chi connectivity index (χ0n) is 10.8. The Balaban J connectivity index is 2.22. The van der Waals surface area contributed by atoms with Gasteiger partial charge in [-0.2, -0.15) is 0 Å². The third kappa shape index (κ3) is 2.37. The maximum absolute atomic E-state index is 11.8. The third-order valence-electron chi connectivity index (χ3n) is 3.10. The molecule has 0 aromatic heterocycles. The maximum atomic E-state index is 11.8. The number of esters is 1. The molecule has 4 heteroatoms. The van der Waals surface area contributed by atoms with E-state index in [0.717, 1.165) is 5.56 Å². The summed E-state index contributed by atoms with van der Waals surface area (Å²) in [5.74, 6) is -0.338. The molecular weight excluding hydrogens is 230 g/mol. The number of hydrogen-bond acceptors (Lipinski definition) is 4. The van der Waals surface area contributed by atoms with E-state index in [9.17, 15) is 4.79 Å². The highest BCUT2D eigenvalue weighted by molar-refractivity contribution is 5.80. The fourth-order valence-corrected chi connectivity index (χ4v) is 1.93. The Morgan fingerprint density at radius 1 is 1.39 bits per heavy atom. The largest absolute Gasteiger partial charge is 0.473 e. The first-order valence-corrected chi connectivity index (χ1v) is 6.04. The van der Waals surface area contributed by atoms with E-state index in [4.69, 9.17) is 9.47 Å². The fraction of sp³-hybridized carbons (Fsp3) is 0.429. The van der Waals surface area contributed by atoms with Crippen molar-refractivity contribution in [2.75, 3.05) is 6.61 Å². The van der Waals surface area contributed by atoms with E-state index >= 15 is 0 Å². The number of nitrogens with zero attached hydrogens (tertiary/aromatic N) is 1. The summed E-state index contributed by atoms with van der Waals surface area (Å²) in [6.45, 7) is 6.22. The molecule has 1 aromatic carbocycles. The quantitative estimate of drug-likeness (QED) is 0.770. The maximum Gasteiger partial charge on any atom is 0.335 e. The van der Waals surface area contributed by atoms with Gasteiger partial charge >= 0.3 is 5.97 Å². The van der Waals surface area contributed by atoms with E-state index in [-0.39, 0.29) is 12.1 Å². The molecule has 1 aromatic rings. The molecule has 0 bridgehead atoms. The topological polar surface area (TPSA) is 47.9 Å². The first-order valence-electron chi connectivity index (χ1n) is 6.04. The summed E-state index contributed by atoms with van der Waals surface area (Å²) in [5.41, 5.74) is 3.34. The minimum absolute atomic E-state index is 0.338. The summed E-state index contributed by atoms with van der Waals surface area (Å²) in [5, 5.41) is 0. The molecule has 0 saturated heterocycles. The van der Waals surface area contributed by atoms with Crippen LogP contribution in [0, 0.1) is 13.8 Å². The van der Waals surface area contributed by atoms with E-state index < -0.39 is 6.04 Å². The Morgan fingerprint density at radius 2 is 2.17 bits per heavy atom. The molecule has 0 unspecified atom stereocenters. The Hall–Kier alpha value is -1.84. The van der Waals surface area contributed by atoms with E-state index in [1.165, 1.54) is 17.5 Å². The number of carbonyl (C=O) groups is 1. The van der Waals surface area contributed by atoms with Crippen molar-refractivity contribution in [2.24, 2.45) is 4.99 Å². The van der Waals surface area contributed by atoms with Gasteiger partial charge in [-0.3, -0.25) is 0 Å². The van der Waals surface area contributed by atoms with Crippen LogP contribution in [0.4, 0.5) is 0 Å². The molecule has 1 aliphatic heterocycles.